The van der Waals surface area contributed by atoms with Gasteiger partial charge in [0.15, 0.2) is 0 Å². The number of nitrogens with one attached hydrogen (secondary N) is 2. The highest BCUT2D eigenvalue weighted by Crippen LogP contribution is 2.30. The quantitative estimate of drug-likeness (QED) is 0.334. The van der Waals surface area contributed by atoms with Crippen molar-refractivity contribution in [2.24, 2.45) is 23.7 Å². The Kier molecular flexibility index (Phi) is 9.21. The lowest BCUT2D eigenvalue weighted by atomic mass is 9.82. The van der Waals surface area contributed by atoms with Crippen molar-refractivity contribution in [2.45, 2.75) is 39.5 Å². The van der Waals surface area contributed by atoms with E-state index in [0.717, 1.165) is 29.1 Å². The molecule has 31 heavy (non-hydrogen) atoms. The molecule has 0 unspecified atom stereocenters. The molecule has 0 aliphatic heterocycles. The number of amides is 2. The van der Waals surface area contributed by atoms with E-state index in [1.165, 1.54) is 0 Å². The van der Waals surface area contributed by atoms with E-state index in [1.54, 1.807) is 11.6 Å². The lowest BCUT2D eigenvalue weighted by molar-refractivity contribution is -0.141. The summed E-state index contributed by atoms with van der Waals surface area (Å²) in [5.74, 6) is -2.55. The zero-order valence-electron chi connectivity index (χ0n) is 18.3. The van der Waals surface area contributed by atoms with Crippen LogP contribution in [0.25, 0.3) is 6.08 Å². The molecule has 1 aliphatic rings. The van der Waals surface area contributed by atoms with E-state index in [-0.39, 0.29) is 24.8 Å². The lowest BCUT2D eigenvalue weighted by Crippen LogP contribution is -2.51. The molecular weight excluding hydrogens is 418 g/mol. The fraction of sp³-hybridized carbons (Fsp3) is 0.545. The van der Waals surface area contributed by atoms with Gasteiger partial charge in [0.2, 0.25) is 21.8 Å². The highest BCUT2D eigenvalue weighted by Gasteiger charge is 2.36. The Morgan fingerprint density at radius 3 is 2.32 bits per heavy atom. The summed E-state index contributed by atoms with van der Waals surface area (Å²) in [6, 6.07) is 9.52. The summed E-state index contributed by atoms with van der Waals surface area (Å²) in [6.45, 7) is 4.07. The number of nitrogens with zero attached hydrogens (tertiary/aromatic N) is 1. The highest BCUT2D eigenvalue weighted by molar-refractivity contribution is 7.88. The van der Waals surface area contributed by atoms with Crippen LogP contribution < -0.4 is 10.9 Å². The van der Waals surface area contributed by atoms with Gasteiger partial charge in [-0.1, -0.05) is 56.3 Å². The lowest BCUT2D eigenvalue weighted by Gasteiger charge is -2.28. The Bertz CT molecular complexity index is 866. The van der Waals surface area contributed by atoms with E-state index >= 15 is 0 Å². The SMILES string of the molecule is CC(C)C[C@@H](C(=O)NN(CC1CC1)S(C)(=O)=O)[C@H](C/C=C/c1ccccc1)C(=O)NO. The van der Waals surface area contributed by atoms with Crippen molar-refractivity contribution >= 4 is 27.9 Å². The zero-order chi connectivity index (χ0) is 23.0. The molecule has 2 amide bonds. The third-order valence-corrected chi connectivity index (χ3v) is 6.29. The molecule has 0 spiro atoms. The average Bonchev–Trinajstić information content (AvgIpc) is 3.53. The van der Waals surface area contributed by atoms with E-state index in [4.69, 9.17) is 0 Å². The number of sulfonamides is 1. The number of allylic oxidation sites excluding steroid dienone is 1. The van der Waals surface area contributed by atoms with Crippen LogP contribution in [-0.4, -0.2) is 42.7 Å². The molecule has 1 aliphatic carbocycles. The molecule has 8 nitrogen and oxygen atoms in total. The Labute approximate surface area is 184 Å². The largest absolute Gasteiger partial charge is 0.289 e. The van der Waals surface area contributed by atoms with Gasteiger partial charge in [0.05, 0.1) is 18.1 Å². The number of rotatable bonds is 12. The summed E-state index contributed by atoms with van der Waals surface area (Å²) >= 11 is 0. The molecule has 2 rings (SSSR count). The highest BCUT2D eigenvalue weighted by atomic mass is 32.2. The summed E-state index contributed by atoms with van der Waals surface area (Å²) in [4.78, 5) is 25.6. The van der Waals surface area contributed by atoms with Crippen LogP contribution in [0.4, 0.5) is 0 Å². The number of hydrazine groups is 1. The molecule has 2 atom stereocenters. The van der Waals surface area contributed by atoms with Crippen LogP contribution in [0.5, 0.6) is 0 Å². The predicted octanol–water partition coefficient (Wildman–Crippen LogP) is 2.58. The molecule has 1 aromatic carbocycles. The number of hydrogen-bond acceptors (Lipinski definition) is 5. The molecule has 3 N–H and O–H groups in total. The minimum Gasteiger partial charge on any atom is -0.289 e. The maximum absolute atomic E-state index is 13.1. The van der Waals surface area contributed by atoms with Gasteiger partial charge < -0.3 is 0 Å². The molecule has 0 bridgehead atoms. The van der Waals surface area contributed by atoms with Crippen molar-refractivity contribution in [3.63, 3.8) is 0 Å². The van der Waals surface area contributed by atoms with E-state index < -0.39 is 33.7 Å². The summed E-state index contributed by atoms with van der Waals surface area (Å²) in [7, 11) is -3.64. The number of hydrogen-bond donors (Lipinski definition) is 3. The first-order chi connectivity index (χ1) is 14.6. The van der Waals surface area contributed by atoms with Crippen molar-refractivity contribution in [3.8, 4) is 0 Å². The summed E-state index contributed by atoms with van der Waals surface area (Å²) in [6.07, 6.45) is 7.12. The van der Waals surface area contributed by atoms with Crippen LogP contribution in [0.15, 0.2) is 36.4 Å². The molecule has 1 aromatic rings. The predicted molar refractivity (Wildman–Crippen MR) is 119 cm³/mol. The van der Waals surface area contributed by atoms with Gasteiger partial charge in [-0.2, -0.15) is 0 Å². The molecule has 9 heteroatoms. The van der Waals surface area contributed by atoms with Crippen molar-refractivity contribution in [2.75, 3.05) is 12.8 Å². The third kappa shape index (κ3) is 8.43. The topological polar surface area (TPSA) is 116 Å². The Hall–Kier alpha value is -2.23. The van der Waals surface area contributed by atoms with Gasteiger partial charge in [-0.25, -0.2) is 13.9 Å². The maximum Gasteiger partial charge on any atom is 0.247 e. The van der Waals surface area contributed by atoms with Crippen molar-refractivity contribution < 1.29 is 23.2 Å². The summed E-state index contributed by atoms with van der Waals surface area (Å²) < 4.78 is 25.3. The molecule has 0 radical (unpaired) electrons. The number of benzene rings is 1. The Morgan fingerprint density at radius 1 is 1.16 bits per heavy atom. The van der Waals surface area contributed by atoms with Gasteiger partial charge in [0.1, 0.15) is 0 Å². The normalized spacial score (nSPS) is 16.5. The van der Waals surface area contributed by atoms with E-state index in [1.807, 2.05) is 50.3 Å². The molecule has 1 fully saturated rings. The number of carbonyl (C=O) groups excluding carboxylic acids is 2. The molecular formula is C22H33N3O5S. The smallest absolute Gasteiger partial charge is 0.247 e. The first-order valence-corrected chi connectivity index (χ1v) is 12.4. The first kappa shape index (κ1) is 25.0. The number of carbonyl (C=O) groups is 2. The van der Waals surface area contributed by atoms with Crippen LogP contribution in [0, 0.1) is 23.7 Å². The van der Waals surface area contributed by atoms with Crippen LogP contribution in [0.3, 0.4) is 0 Å². The van der Waals surface area contributed by atoms with Gasteiger partial charge in [-0.15, -0.1) is 4.41 Å². The van der Waals surface area contributed by atoms with Gasteiger partial charge in [0, 0.05) is 6.54 Å². The van der Waals surface area contributed by atoms with E-state index in [2.05, 4.69) is 5.43 Å². The van der Waals surface area contributed by atoms with E-state index in [0.29, 0.717) is 6.42 Å². The summed E-state index contributed by atoms with van der Waals surface area (Å²) in [5.41, 5.74) is 5.13. The minimum absolute atomic E-state index is 0.0814. The van der Waals surface area contributed by atoms with Crippen molar-refractivity contribution in [3.05, 3.63) is 42.0 Å². The Morgan fingerprint density at radius 2 is 1.81 bits per heavy atom. The van der Waals surface area contributed by atoms with Crippen molar-refractivity contribution in [1.82, 2.24) is 15.3 Å². The second kappa shape index (κ2) is 11.4. The second-order valence-electron chi connectivity index (χ2n) is 8.58. The summed E-state index contributed by atoms with van der Waals surface area (Å²) in [5, 5.41) is 9.26. The molecule has 0 aromatic heterocycles. The minimum atomic E-state index is -3.64. The van der Waals surface area contributed by atoms with Gasteiger partial charge in [-0.05, 0) is 43.1 Å². The van der Waals surface area contributed by atoms with Gasteiger partial charge >= 0.3 is 0 Å². The standard InChI is InChI=1S/C22H33N3O5S/c1-16(2)14-20(21(26)23-25(31(3,29)30)15-18-12-13-18)19(22(27)24-28)11-7-10-17-8-5-4-6-9-17/h4-10,16,18-20,28H,11-15H2,1-3H3,(H,23,26)(H,24,27)/b10-7+/t19-,20+/m0/s1. The van der Waals surface area contributed by atoms with Crippen LogP contribution in [0.2, 0.25) is 0 Å². The molecule has 0 heterocycles. The van der Waals surface area contributed by atoms with Crippen LogP contribution in [0.1, 0.15) is 45.1 Å². The molecule has 0 saturated heterocycles. The fourth-order valence-electron chi connectivity index (χ4n) is 3.42. The third-order valence-electron chi connectivity index (χ3n) is 5.25. The zero-order valence-corrected chi connectivity index (χ0v) is 19.1. The molecule has 172 valence electrons. The second-order valence-corrected chi connectivity index (χ2v) is 10.5. The van der Waals surface area contributed by atoms with Crippen LogP contribution in [-0.2, 0) is 19.6 Å². The van der Waals surface area contributed by atoms with Crippen LogP contribution >= 0.6 is 0 Å². The van der Waals surface area contributed by atoms with E-state index in [9.17, 15) is 23.2 Å². The molecule has 1 saturated carbocycles. The van der Waals surface area contributed by atoms with Gasteiger partial charge in [-0.3, -0.25) is 20.2 Å². The number of hydroxylamine groups is 1. The average molecular weight is 452 g/mol. The Balaban J connectivity index is 2.21. The first-order valence-electron chi connectivity index (χ1n) is 10.6. The monoisotopic (exact) mass is 451 g/mol. The van der Waals surface area contributed by atoms with Gasteiger partial charge in [0.25, 0.3) is 0 Å². The fourth-order valence-corrected chi connectivity index (χ4v) is 4.16. The van der Waals surface area contributed by atoms with Crippen molar-refractivity contribution in [1.29, 1.82) is 0 Å². The maximum atomic E-state index is 13.1.